The van der Waals surface area contributed by atoms with Gasteiger partial charge in [0.1, 0.15) is 33.4 Å². The van der Waals surface area contributed by atoms with Crippen molar-refractivity contribution in [3.8, 4) is 34.6 Å². The van der Waals surface area contributed by atoms with Crippen LogP contribution in [0.3, 0.4) is 0 Å². The van der Waals surface area contributed by atoms with Gasteiger partial charge in [-0.2, -0.15) is 0 Å². The fraction of sp³-hybridized carbons (Fsp3) is 0.222. The number of anilines is 1. The van der Waals surface area contributed by atoms with Crippen LogP contribution in [0.2, 0.25) is 0 Å². The van der Waals surface area contributed by atoms with Gasteiger partial charge in [-0.3, -0.25) is 9.20 Å². The third-order valence-corrected chi connectivity index (χ3v) is 7.47. The van der Waals surface area contributed by atoms with Crippen LogP contribution in [0.4, 0.5) is 5.82 Å². The molecule has 1 atom stereocenters. The molecular formula is C27H25N5O2S. The number of ether oxygens (including phenoxy) is 1. The number of nitrogens with two attached hydrogens (primary N) is 1. The molecule has 1 unspecified atom stereocenters. The minimum Gasteiger partial charge on any atom is -0.457 e. The Balaban J connectivity index is 1.61. The topological polar surface area (TPSA) is 85.8 Å². The van der Waals surface area contributed by atoms with Gasteiger partial charge in [0.15, 0.2) is 5.82 Å². The zero-order chi connectivity index (χ0) is 24.4. The summed E-state index contributed by atoms with van der Waals surface area (Å²) in [4.78, 5) is 23.5. The Morgan fingerprint density at radius 1 is 1.14 bits per heavy atom. The molecule has 2 aromatic heterocycles. The molecule has 3 heterocycles. The van der Waals surface area contributed by atoms with E-state index >= 15 is 0 Å². The third-order valence-electron chi connectivity index (χ3n) is 6.19. The number of amides is 1. The summed E-state index contributed by atoms with van der Waals surface area (Å²) in [6, 6.07) is 17.4. The normalized spacial score (nSPS) is 17.3. The zero-order valence-electron chi connectivity index (χ0n) is 19.6. The number of para-hydroxylation sites is 1. The van der Waals surface area contributed by atoms with Crippen LogP contribution in [-0.4, -0.2) is 38.0 Å². The molecule has 1 amide bonds. The highest BCUT2D eigenvalue weighted by molar-refractivity contribution is 7.99. The van der Waals surface area contributed by atoms with E-state index in [2.05, 4.69) is 16.8 Å². The zero-order valence-corrected chi connectivity index (χ0v) is 20.4. The first-order valence-electron chi connectivity index (χ1n) is 11.3. The number of hydrogen-bond donors (Lipinski definition) is 1. The van der Waals surface area contributed by atoms with Crippen LogP contribution in [-0.2, 0) is 9.67 Å². The Morgan fingerprint density at radius 3 is 2.60 bits per heavy atom. The van der Waals surface area contributed by atoms with Gasteiger partial charge in [-0.1, -0.05) is 24.1 Å². The highest BCUT2D eigenvalue weighted by Crippen LogP contribution is 2.48. The Labute approximate surface area is 208 Å². The summed E-state index contributed by atoms with van der Waals surface area (Å²) in [5, 5.41) is 0. The van der Waals surface area contributed by atoms with Crippen LogP contribution in [0.5, 0.6) is 11.5 Å². The molecule has 1 aliphatic rings. The second-order valence-corrected chi connectivity index (χ2v) is 9.26. The van der Waals surface area contributed by atoms with Crippen LogP contribution in [0, 0.1) is 11.8 Å². The molecule has 7 nitrogen and oxygen atoms in total. The lowest BCUT2D eigenvalue weighted by Gasteiger charge is -2.34. The van der Waals surface area contributed by atoms with Gasteiger partial charge in [-0.25, -0.2) is 9.97 Å². The summed E-state index contributed by atoms with van der Waals surface area (Å²) in [5.74, 6) is 7.87. The summed E-state index contributed by atoms with van der Waals surface area (Å²) < 4.78 is 7.91. The average Bonchev–Trinajstić information content (AvgIpc) is 3.49. The predicted octanol–water partition coefficient (Wildman–Crippen LogP) is 4.93. The van der Waals surface area contributed by atoms with Crippen LogP contribution in [0.1, 0.15) is 25.6 Å². The van der Waals surface area contributed by atoms with Crippen molar-refractivity contribution in [3.05, 3.63) is 72.8 Å². The lowest BCUT2D eigenvalue weighted by molar-refractivity contribution is -0.127. The number of thioether (sulfide) groups is 1. The van der Waals surface area contributed by atoms with Crippen LogP contribution in [0.25, 0.3) is 16.8 Å². The van der Waals surface area contributed by atoms with Crippen LogP contribution in [0.15, 0.2) is 67.0 Å². The summed E-state index contributed by atoms with van der Waals surface area (Å²) in [7, 11) is 0. The Morgan fingerprint density at radius 2 is 1.89 bits per heavy atom. The maximum atomic E-state index is 12.9. The Hall–Kier alpha value is -3.96. The molecule has 35 heavy (non-hydrogen) atoms. The minimum absolute atomic E-state index is 0.193. The molecule has 2 N–H and O–H groups in total. The van der Waals surface area contributed by atoms with E-state index in [1.165, 1.54) is 0 Å². The van der Waals surface area contributed by atoms with Crippen molar-refractivity contribution >= 4 is 29.0 Å². The van der Waals surface area contributed by atoms with Gasteiger partial charge in [0.05, 0.1) is 0 Å². The Bertz CT molecular complexity index is 1440. The van der Waals surface area contributed by atoms with E-state index in [4.69, 9.17) is 15.5 Å². The number of rotatable bonds is 5. The number of fused-ring (bicyclic) bond motifs is 1. The second kappa shape index (κ2) is 9.35. The first kappa shape index (κ1) is 22.8. The number of imidazole rings is 1. The van der Waals surface area contributed by atoms with E-state index in [0.29, 0.717) is 23.6 Å². The number of benzene rings is 2. The highest BCUT2D eigenvalue weighted by atomic mass is 32.2. The lowest BCUT2D eigenvalue weighted by atomic mass is 10.1. The highest BCUT2D eigenvalue weighted by Gasteiger charge is 2.48. The Kier molecular flexibility index (Phi) is 6.10. The lowest BCUT2D eigenvalue weighted by Crippen LogP contribution is -2.43. The maximum absolute atomic E-state index is 12.9. The van der Waals surface area contributed by atoms with Gasteiger partial charge in [0.25, 0.3) is 5.91 Å². The van der Waals surface area contributed by atoms with Gasteiger partial charge < -0.3 is 15.4 Å². The summed E-state index contributed by atoms with van der Waals surface area (Å²) >= 11 is 1.60. The maximum Gasteiger partial charge on any atom is 0.299 e. The fourth-order valence-corrected chi connectivity index (χ4v) is 5.68. The van der Waals surface area contributed by atoms with E-state index in [9.17, 15) is 4.79 Å². The standard InChI is InChI=1S/C27H25N5O2S/c1-3-8-22(33)32-17-7-15-27(32,35-2)26-30-23(24-25(28)29-16-18-31(24)26)19-11-13-21(14-12-19)34-20-9-5-4-6-10-20/h4-6,9-14,16,18H,7,15,17H2,1-2H3,(H2,28,29). The molecule has 0 aliphatic carbocycles. The number of hydrogen-bond acceptors (Lipinski definition) is 6. The van der Waals surface area contributed by atoms with Crippen molar-refractivity contribution in [2.24, 2.45) is 0 Å². The molecule has 0 spiro atoms. The number of carbonyl (C=O) groups is 1. The van der Waals surface area contributed by atoms with E-state index in [1.54, 1.807) is 24.9 Å². The van der Waals surface area contributed by atoms with Gasteiger partial charge in [0, 0.05) is 24.5 Å². The largest absolute Gasteiger partial charge is 0.457 e. The molecule has 0 radical (unpaired) electrons. The fourth-order valence-electron chi connectivity index (χ4n) is 4.61. The van der Waals surface area contributed by atoms with Crippen molar-refractivity contribution in [3.63, 3.8) is 0 Å². The van der Waals surface area contributed by atoms with Crippen molar-refractivity contribution in [2.45, 2.75) is 24.6 Å². The van der Waals surface area contributed by atoms with E-state index < -0.39 is 4.87 Å². The number of aromatic nitrogens is 3. The van der Waals surface area contributed by atoms with Gasteiger partial charge in [0.2, 0.25) is 0 Å². The van der Waals surface area contributed by atoms with Gasteiger partial charge in [-0.15, -0.1) is 11.8 Å². The number of nitrogens with zero attached hydrogens (tertiary/aromatic N) is 4. The molecule has 5 rings (SSSR count). The summed E-state index contributed by atoms with van der Waals surface area (Å²) in [6.45, 7) is 2.31. The van der Waals surface area contributed by atoms with Gasteiger partial charge in [-0.05, 0) is 68.3 Å². The predicted molar refractivity (Wildman–Crippen MR) is 139 cm³/mol. The van der Waals surface area contributed by atoms with E-state index in [-0.39, 0.29) is 5.91 Å². The quantitative estimate of drug-likeness (QED) is 0.405. The number of likely N-dealkylation sites (tertiary alicyclic amines) is 1. The third kappa shape index (κ3) is 3.98. The summed E-state index contributed by atoms with van der Waals surface area (Å²) in [6.07, 6.45) is 7.17. The van der Waals surface area contributed by atoms with E-state index in [1.807, 2.05) is 76.4 Å². The smallest absolute Gasteiger partial charge is 0.299 e. The molecule has 176 valence electrons. The molecule has 0 saturated carbocycles. The van der Waals surface area contributed by atoms with Crippen molar-refractivity contribution in [1.82, 2.24) is 19.3 Å². The van der Waals surface area contributed by atoms with Crippen molar-refractivity contribution in [2.75, 3.05) is 18.5 Å². The minimum atomic E-state index is -0.647. The molecule has 8 heteroatoms. The van der Waals surface area contributed by atoms with Gasteiger partial charge >= 0.3 is 0 Å². The molecule has 1 fully saturated rings. The first-order valence-corrected chi connectivity index (χ1v) is 12.6. The molecular weight excluding hydrogens is 458 g/mol. The van der Waals surface area contributed by atoms with Crippen LogP contribution < -0.4 is 10.5 Å². The van der Waals surface area contributed by atoms with Crippen LogP contribution >= 0.6 is 11.8 Å². The van der Waals surface area contributed by atoms with Crippen molar-refractivity contribution in [1.29, 1.82) is 0 Å². The molecule has 0 bridgehead atoms. The molecule has 4 aromatic rings. The molecule has 2 aromatic carbocycles. The first-order chi connectivity index (χ1) is 17.1. The molecule has 1 aliphatic heterocycles. The molecule has 1 saturated heterocycles. The number of carbonyl (C=O) groups excluding carboxylic acids is 1. The average molecular weight is 484 g/mol. The summed E-state index contributed by atoms with van der Waals surface area (Å²) in [5.41, 5.74) is 8.67. The monoisotopic (exact) mass is 483 g/mol. The van der Waals surface area contributed by atoms with E-state index in [0.717, 1.165) is 35.7 Å². The van der Waals surface area contributed by atoms with Crippen molar-refractivity contribution < 1.29 is 9.53 Å². The second-order valence-electron chi connectivity index (χ2n) is 8.18. The number of nitrogen functional groups attached to an aromatic ring is 1. The SMILES string of the molecule is CC#CC(=O)N1CCCC1(SC)c1nc(-c2ccc(Oc3ccccc3)cc2)c2c(N)nccn12.